The molecule has 0 bridgehead atoms. The highest BCUT2D eigenvalue weighted by Gasteiger charge is 2.20. The van der Waals surface area contributed by atoms with Gasteiger partial charge in [0.1, 0.15) is 11.4 Å². The Bertz CT molecular complexity index is 1120. The quantitative estimate of drug-likeness (QED) is 0.265. The van der Waals surface area contributed by atoms with Crippen molar-refractivity contribution in [1.82, 2.24) is 0 Å². The van der Waals surface area contributed by atoms with Gasteiger partial charge in [0.05, 0.1) is 31.8 Å². The van der Waals surface area contributed by atoms with E-state index in [1.54, 1.807) is 13.8 Å². The van der Waals surface area contributed by atoms with E-state index < -0.39 is 42.4 Å². The van der Waals surface area contributed by atoms with Crippen molar-refractivity contribution in [1.29, 1.82) is 0 Å². The topological polar surface area (TPSA) is 221 Å². The number of benzene rings is 2. The summed E-state index contributed by atoms with van der Waals surface area (Å²) in [5, 5.41) is 52.0. The lowest BCUT2D eigenvalue weighted by Crippen LogP contribution is -2.05. The van der Waals surface area contributed by atoms with Crippen LogP contribution in [0.25, 0.3) is 0 Å². The number of nitrogens with zero attached hydrogens (tertiary/aromatic N) is 6. The molecule has 2 N–H and O–H groups in total. The minimum Gasteiger partial charge on any atom is -0.272 e. The van der Waals surface area contributed by atoms with E-state index >= 15 is 0 Å². The van der Waals surface area contributed by atoms with Crippen molar-refractivity contribution in [3.8, 4) is 0 Å². The van der Waals surface area contributed by atoms with Crippen LogP contribution in [-0.2, 0) is 0 Å². The number of non-ortho nitro benzene ring substituents is 2. The van der Waals surface area contributed by atoms with Crippen molar-refractivity contribution < 1.29 is 19.7 Å². The highest BCUT2D eigenvalue weighted by Crippen LogP contribution is 2.30. The van der Waals surface area contributed by atoms with Gasteiger partial charge < -0.3 is 0 Å². The molecular formula is C18H18N8O8. The predicted octanol–water partition coefficient (Wildman–Crippen LogP) is 4.38. The highest BCUT2D eigenvalue weighted by molar-refractivity contribution is 5.90. The van der Waals surface area contributed by atoms with E-state index in [0.717, 1.165) is 24.3 Å². The van der Waals surface area contributed by atoms with Crippen LogP contribution in [0.2, 0.25) is 0 Å². The van der Waals surface area contributed by atoms with Gasteiger partial charge >= 0.3 is 11.4 Å². The molecule has 0 atom stereocenters. The molecule has 0 unspecified atom stereocenters. The molecule has 34 heavy (non-hydrogen) atoms. The molecule has 0 fully saturated rings. The molecule has 0 amide bonds. The number of nitrogens with one attached hydrogen (secondary N) is 2. The summed E-state index contributed by atoms with van der Waals surface area (Å²) in [4.78, 5) is 40.9. The van der Waals surface area contributed by atoms with E-state index in [-0.39, 0.29) is 11.4 Å². The molecule has 0 aliphatic rings. The summed E-state index contributed by atoms with van der Waals surface area (Å²) in [5.74, 6) is 0. The van der Waals surface area contributed by atoms with Gasteiger partial charge in [0.25, 0.3) is 11.4 Å². The van der Waals surface area contributed by atoms with Crippen LogP contribution < -0.4 is 10.9 Å². The first-order valence-electron chi connectivity index (χ1n) is 9.43. The molecule has 0 saturated carbocycles. The van der Waals surface area contributed by atoms with Crippen LogP contribution in [0, 0.1) is 40.5 Å². The maximum Gasteiger partial charge on any atom is 0.301 e. The van der Waals surface area contributed by atoms with Crippen molar-refractivity contribution in [3.63, 3.8) is 0 Å². The van der Waals surface area contributed by atoms with Crippen molar-refractivity contribution in [2.75, 3.05) is 10.9 Å². The normalized spacial score (nSPS) is 11.6. The predicted molar refractivity (Wildman–Crippen MR) is 122 cm³/mol. The standard InChI is InChI=1S/C18H18N8O8/c1-11(19-21-15-7-5-13(23(27)28)9-17(15)25(31)32)3-4-12(2)20-22-16-8-6-14(24(29)30)10-18(16)26(33)34/h5-10,21-22H,3-4H2,1-2H3/b19-11-,20-12-. The number of hydrazone groups is 2. The summed E-state index contributed by atoms with van der Waals surface area (Å²) < 4.78 is 0. The Labute approximate surface area is 190 Å². The van der Waals surface area contributed by atoms with E-state index in [9.17, 15) is 40.5 Å². The third-order valence-electron chi connectivity index (χ3n) is 4.36. The molecular weight excluding hydrogens is 456 g/mol. The first-order valence-corrected chi connectivity index (χ1v) is 9.43. The van der Waals surface area contributed by atoms with Crippen LogP contribution in [-0.4, -0.2) is 31.1 Å². The van der Waals surface area contributed by atoms with Gasteiger partial charge in [-0.15, -0.1) is 0 Å². The second-order valence-corrected chi connectivity index (χ2v) is 6.85. The van der Waals surface area contributed by atoms with Crippen molar-refractivity contribution >= 4 is 45.5 Å². The fourth-order valence-electron chi connectivity index (χ4n) is 2.54. The fourth-order valence-corrected chi connectivity index (χ4v) is 2.54. The maximum atomic E-state index is 11.2. The number of anilines is 2. The summed E-state index contributed by atoms with van der Waals surface area (Å²) in [6, 6.07) is 6.24. The van der Waals surface area contributed by atoms with E-state index in [1.807, 2.05) is 0 Å². The average molecular weight is 474 g/mol. The molecule has 178 valence electrons. The molecule has 2 aromatic rings. The summed E-state index contributed by atoms with van der Waals surface area (Å²) in [6.07, 6.45) is 0.736. The monoisotopic (exact) mass is 474 g/mol. The molecule has 16 nitrogen and oxygen atoms in total. The maximum absolute atomic E-state index is 11.2. The molecule has 0 radical (unpaired) electrons. The molecule has 0 aromatic heterocycles. The van der Waals surface area contributed by atoms with Gasteiger partial charge in [-0.05, 0) is 38.8 Å². The minimum absolute atomic E-state index is 0.0208. The van der Waals surface area contributed by atoms with Gasteiger partial charge in [-0.1, -0.05) is 0 Å². The van der Waals surface area contributed by atoms with Crippen LogP contribution in [0.15, 0.2) is 46.6 Å². The van der Waals surface area contributed by atoms with E-state index in [1.165, 1.54) is 12.1 Å². The number of nitro groups is 4. The van der Waals surface area contributed by atoms with Crippen molar-refractivity contribution in [2.24, 2.45) is 10.2 Å². The van der Waals surface area contributed by atoms with Gasteiger partial charge in [0.15, 0.2) is 0 Å². The van der Waals surface area contributed by atoms with Gasteiger partial charge in [0.2, 0.25) is 0 Å². The zero-order chi connectivity index (χ0) is 25.4. The first kappa shape index (κ1) is 25.2. The Morgan fingerprint density at radius 1 is 0.676 bits per heavy atom. The Hall–Kier alpha value is -5.02. The minimum atomic E-state index is -0.764. The van der Waals surface area contributed by atoms with Crippen LogP contribution in [0.3, 0.4) is 0 Å². The summed E-state index contributed by atoms with van der Waals surface area (Å²) in [7, 11) is 0. The third kappa shape index (κ3) is 6.74. The van der Waals surface area contributed by atoms with E-state index in [4.69, 9.17) is 0 Å². The zero-order valence-corrected chi connectivity index (χ0v) is 17.8. The molecule has 2 rings (SSSR count). The van der Waals surface area contributed by atoms with Crippen LogP contribution in [0.1, 0.15) is 26.7 Å². The Balaban J connectivity index is 2.03. The average Bonchev–Trinajstić information content (AvgIpc) is 2.79. The molecule has 0 heterocycles. The molecule has 16 heteroatoms. The van der Waals surface area contributed by atoms with Gasteiger partial charge in [-0.3, -0.25) is 51.3 Å². The fraction of sp³-hybridized carbons (Fsp3) is 0.222. The smallest absolute Gasteiger partial charge is 0.272 e. The van der Waals surface area contributed by atoms with Crippen LogP contribution in [0.4, 0.5) is 34.1 Å². The number of hydrogen-bond acceptors (Lipinski definition) is 12. The third-order valence-corrected chi connectivity index (χ3v) is 4.36. The molecule has 0 saturated heterocycles. The molecule has 0 aliphatic heterocycles. The largest absolute Gasteiger partial charge is 0.301 e. The summed E-state index contributed by atoms with van der Waals surface area (Å²) >= 11 is 0. The van der Waals surface area contributed by atoms with Gasteiger partial charge in [-0.25, -0.2) is 0 Å². The van der Waals surface area contributed by atoms with Crippen LogP contribution in [0.5, 0.6) is 0 Å². The molecule has 0 aliphatic carbocycles. The summed E-state index contributed by atoms with van der Waals surface area (Å²) in [5.41, 5.74) is 4.19. The van der Waals surface area contributed by atoms with Gasteiger partial charge in [-0.2, -0.15) is 10.2 Å². The second-order valence-electron chi connectivity index (χ2n) is 6.85. The Morgan fingerprint density at radius 3 is 1.32 bits per heavy atom. The zero-order valence-electron chi connectivity index (χ0n) is 17.8. The number of rotatable bonds is 11. The van der Waals surface area contributed by atoms with Crippen molar-refractivity contribution in [3.05, 3.63) is 76.9 Å². The lowest BCUT2D eigenvalue weighted by molar-refractivity contribution is -0.393. The van der Waals surface area contributed by atoms with E-state index in [2.05, 4.69) is 21.1 Å². The summed E-state index contributed by atoms with van der Waals surface area (Å²) in [6.45, 7) is 3.29. The second kappa shape index (κ2) is 11.0. The lowest BCUT2D eigenvalue weighted by atomic mass is 10.2. The molecule has 0 spiro atoms. The number of hydrogen-bond donors (Lipinski definition) is 2. The molecule has 2 aromatic carbocycles. The van der Waals surface area contributed by atoms with Crippen molar-refractivity contribution in [2.45, 2.75) is 26.7 Å². The SMILES string of the molecule is C/C(CC/C(C)=N\Nc1ccc([N+](=O)[O-])cc1[N+](=O)[O-])=N/Nc1ccc([N+](=O)[O-])cc1[N+](=O)[O-]. The van der Waals surface area contributed by atoms with E-state index in [0.29, 0.717) is 24.3 Å². The van der Waals surface area contributed by atoms with Crippen LogP contribution >= 0.6 is 0 Å². The van der Waals surface area contributed by atoms with Gasteiger partial charge in [0, 0.05) is 23.6 Å². The lowest BCUT2D eigenvalue weighted by Gasteiger charge is -2.06. The highest BCUT2D eigenvalue weighted by atomic mass is 16.6. The first-order chi connectivity index (χ1) is 16.0. The number of nitro benzene ring substituents is 4. The Kier molecular flexibility index (Phi) is 8.19. The Morgan fingerprint density at radius 2 is 1.03 bits per heavy atom.